The molecule has 2 aromatic rings. The number of methoxy groups -OCH3 is 2. The van der Waals surface area contributed by atoms with Crippen LogP contribution in [0.2, 0.25) is 0 Å². The smallest absolute Gasteiger partial charge is 0.122 e. The molecule has 0 aliphatic rings. The molecular formula is C18H22ClO2P. The second kappa shape index (κ2) is 6.89. The summed E-state index contributed by atoms with van der Waals surface area (Å²) < 4.78 is 10.8. The Bertz CT molecular complexity index is 638. The molecule has 0 unspecified atom stereocenters. The standard InChI is InChI=1S/C18H22ClO2P/c1-11-9-17(13(3)7-15(11)20-5)22(19)18-10-12(2)16(21-6)8-14(18)4/h7-10H,1-6H3. The maximum Gasteiger partial charge on any atom is 0.122 e. The van der Waals surface area contributed by atoms with E-state index in [0.29, 0.717) is 0 Å². The van der Waals surface area contributed by atoms with Crippen LogP contribution in [-0.2, 0) is 0 Å². The van der Waals surface area contributed by atoms with Gasteiger partial charge in [0.25, 0.3) is 0 Å². The quantitative estimate of drug-likeness (QED) is 0.764. The molecule has 2 nitrogen and oxygen atoms in total. The summed E-state index contributed by atoms with van der Waals surface area (Å²) >= 11 is 6.86. The number of rotatable bonds is 4. The minimum atomic E-state index is -0.919. The van der Waals surface area contributed by atoms with E-state index >= 15 is 0 Å². The molecule has 2 aromatic carbocycles. The minimum absolute atomic E-state index is 0.906. The maximum absolute atomic E-state index is 6.86. The van der Waals surface area contributed by atoms with Crippen molar-refractivity contribution in [2.75, 3.05) is 14.2 Å². The fourth-order valence-electron chi connectivity index (χ4n) is 2.54. The molecule has 0 aliphatic carbocycles. The number of benzene rings is 2. The van der Waals surface area contributed by atoms with Crippen LogP contribution in [0.3, 0.4) is 0 Å². The summed E-state index contributed by atoms with van der Waals surface area (Å²) in [6, 6.07) is 8.42. The molecule has 0 atom stereocenters. The molecule has 2 rings (SSSR count). The van der Waals surface area contributed by atoms with E-state index in [2.05, 4.69) is 38.1 Å². The van der Waals surface area contributed by atoms with Crippen LogP contribution in [0.1, 0.15) is 22.3 Å². The van der Waals surface area contributed by atoms with Crippen molar-refractivity contribution < 1.29 is 9.47 Å². The van der Waals surface area contributed by atoms with Gasteiger partial charge in [0.1, 0.15) is 11.5 Å². The van der Waals surface area contributed by atoms with E-state index in [1.54, 1.807) is 14.2 Å². The third-order valence-electron chi connectivity index (χ3n) is 3.85. The Morgan fingerprint density at radius 2 is 1.05 bits per heavy atom. The Kier molecular flexibility index (Phi) is 5.36. The number of halogens is 1. The van der Waals surface area contributed by atoms with Crippen molar-refractivity contribution in [1.82, 2.24) is 0 Å². The van der Waals surface area contributed by atoms with E-state index in [1.165, 1.54) is 10.6 Å². The summed E-state index contributed by atoms with van der Waals surface area (Å²) in [5, 5.41) is 2.37. The van der Waals surface area contributed by atoms with Crippen LogP contribution in [0.15, 0.2) is 24.3 Å². The zero-order chi connectivity index (χ0) is 16.4. The molecule has 0 bridgehead atoms. The van der Waals surface area contributed by atoms with Crippen LogP contribution >= 0.6 is 18.5 Å². The first-order valence-electron chi connectivity index (χ1n) is 7.15. The Morgan fingerprint density at radius 1 is 0.682 bits per heavy atom. The van der Waals surface area contributed by atoms with Crippen LogP contribution in [0, 0.1) is 27.7 Å². The molecule has 0 N–H and O–H groups in total. The van der Waals surface area contributed by atoms with Gasteiger partial charge in [-0.15, -0.1) is 0 Å². The number of aryl methyl sites for hydroxylation is 4. The predicted octanol–water partition coefficient (Wildman–Crippen LogP) is 4.52. The van der Waals surface area contributed by atoms with Gasteiger partial charge in [-0.25, -0.2) is 0 Å². The molecule has 0 spiro atoms. The Hall–Kier alpha value is -1.24. The van der Waals surface area contributed by atoms with Crippen molar-refractivity contribution in [3.8, 4) is 11.5 Å². The number of hydrogen-bond donors (Lipinski definition) is 0. The summed E-state index contributed by atoms with van der Waals surface area (Å²) in [6.07, 6.45) is 0. The summed E-state index contributed by atoms with van der Waals surface area (Å²) in [5.41, 5.74) is 4.55. The molecule has 0 radical (unpaired) electrons. The Labute approximate surface area is 139 Å². The van der Waals surface area contributed by atoms with E-state index < -0.39 is 7.27 Å². The monoisotopic (exact) mass is 336 g/mol. The summed E-state index contributed by atoms with van der Waals surface area (Å²) in [6.45, 7) is 8.27. The fraction of sp³-hybridized carbons (Fsp3) is 0.333. The van der Waals surface area contributed by atoms with Crippen molar-refractivity contribution in [3.05, 3.63) is 46.5 Å². The molecule has 4 heteroatoms. The largest absolute Gasteiger partial charge is 0.496 e. The van der Waals surface area contributed by atoms with E-state index in [-0.39, 0.29) is 0 Å². The van der Waals surface area contributed by atoms with Crippen molar-refractivity contribution in [1.29, 1.82) is 0 Å². The van der Waals surface area contributed by atoms with Crippen LogP contribution < -0.4 is 20.1 Å². The van der Waals surface area contributed by atoms with Crippen LogP contribution in [0.4, 0.5) is 0 Å². The molecule has 0 fully saturated rings. The van der Waals surface area contributed by atoms with Crippen LogP contribution in [-0.4, -0.2) is 14.2 Å². The van der Waals surface area contributed by atoms with Crippen LogP contribution in [0.25, 0.3) is 0 Å². The molecular weight excluding hydrogens is 315 g/mol. The lowest BCUT2D eigenvalue weighted by atomic mass is 10.1. The molecule has 0 amide bonds. The van der Waals surface area contributed by atoms with Gasteiger partial charge in [-0.1, -0.05) is 11.2 Å². The second-order valence-corrected chi connectivity index (χ2v) is 8.04. The fourth-order valence-corrected chi connectivity index (χ4v) is 5.26. The molecule has 0 aliphatic heterocycles. The van der Waals surface area contributed by atoms with E-state index in [1.807, 2.05) is 13.8 Å². The van der Waals surface area contributed by atoms with Gasteiger partial charge in [-0.2, -0.15) is 0 Å². The number of ether oxygens (including phenoxy) is 2. The molecule has 0 saturated heterocycles. The first kappa shape index (κ1) is 17.1. The highest BCUT2D eigenvalue weighted by atomic mass is 35.7. The van der Waals surface area contributed by atoms with Crippen LogP contribution in [0.5, 0.6) is 11.5 Å². The summed E-state index contributed by atoms with van der Waals surface area (Å²) in [7, 11) is 2.47. The summed E-state index contributed by atoms with van der Waals surface area (Å²) in [5.74, 6) is 1.81. The van der Waals surface area contributed by atoms with Gasteiger partial charge >= 0.3 is 0 Å². The minimum Gasteiger partial charge on any atom is -0.496 e. The van der Waals surface area contributed by atoms with E-state index in [9.17, 15) is 0 Å². The van der Waals surface area contributed by atoms with Gasteiger partial charge < -0.3 is 9.47 Å². The lowest BCUT2D eigenvalue weighted by Gasteiger charge is -2.19. The third-order valence-corrected chi connectivity index (χ3v) is 6.75. The molecule has 118 valence electrons. The predicted molar refractivity (Wildman–Crippen MR) is 97.0 cm³/mol. The van der Waals surface area contributed by atoms with E-state index in [0.717, 1.165) is 33.8 Å². The first-order chi connectivity index (χ1) is 10.4. The van der Waals surface area contributed by atoms with Crippen molar-refractivity contribution in [2.24, 2.45) is 0 Å². The highest BCUT2D eigenvalue weighted by Crippen LogP contribution is 2.43. The van der Waals surface area contributed by atoms with Crippen molar-refractivity contribution in [3.63, 3.8) is 0 Å². The van der Waals surface area contributed by atoms with Gasteiger partial charge in [-0.05, 0) is 84.8 Å². The lowest BCUT2D eigenvalue weighted by Crippen LogP contribution is -2.15. The highest BCUT2D eigenvalue weighted by molar-refractivity contribution is 7.95. The normalized spacial score (nSPS) is 10.9. The average Bonchev–Trinajstić information content (AvgIpc) is 2.50. The Balaban J connectivity index is 2.51. The van der Waals surface area contributed by atoms with Gasteiger partial charge in [0.2, 0.25) is 0 Å². The number of hydrogen-bond acceptors (Lipinski definition) is 2. The zero-order valence-corrected chi connectivity index (χ0v) is 15.6. The van der Waals surface area contributed by atoms with Crippen molar-refractivity contribution in [2.45, 2.75) is 27.7 Å². The second-order valence-electron chi connectivity index (χ2n) is 5.50. The Morgan fingerprint density at radius 3 is 1.36 bits per heavy atom. The third kappa shape index (κ3) is 3.24. The summed E-state index contributed by atoms with van der Waals surface area (Å²) in [4.78, 5) is 0. The van der Waals surface area contributed by atoms with Gasteiger partial charge in [-0.3, -0.25) is 0 Å². The van der Waals surface area contributed by atoms with Gasteiger partial charge in [0.05, 0.1) is 21.5 Å². The lowest BCUT2D eigenvalue weighted by molar-refractivity contribution is 0.411. The molecule has 0 heterocycles. The van der Waals surface area contributed by atoms with Gasteiger partial charge in [0, 0.05) is 0 Å². The van der Waals surface area contributed by atoms with Crippen molar-refractivity contribution >= 4 is 29.1 Å². The molecule has 22 heavy (non-hydrogen) atoms. The molecule has 0 saturated carbocycles. The highest BCUT2D eigenvalue weighted by Gasteiger charge is 2.18. The van der Waals surface area contributed by atoms with Gasteiger partial charge in [0.15, 0.2) is 0 Å². The SMILES string of the molecule is COc1cc(C)c(P(Cl)c2cc(C)c(OC)cc2C)cc1C. The van der Waals surface area contributed by atoms with E-state index in [4.69, 9.17) is 20.7 Å². The maximum atomic E-state index is 6.86. The topological polar surface area (TPSA) is 18.5 Å². The molecule has 0 aromatic heterocycles. The zero-order valence-electron chi connectivity index (χ0n) is 14.0. The average molecular weight is 337 g/mol. The first-order valence-corrected chi connectivity index (χ1v) is 9.40.